The molecular formula is C13H9ClF3NO. The first kappa shape index (κ1) is 13.8. The Balaban J connectivity index is 2.40. The van der Waals surface area contributed by atoms with Crippen LogP contribution in [0.25, 0.3) is 0 Å². The highest BCUT2D eigenvalue weighted by Gasteiger charge is 2.34. The van der Waals surface area contributed by atoms with Gasteiger partial charge in [-0.3, -0.25) is 4.79 Å². The van der Waals surface area contributed by atoms with Crippen LogP contribution in [0.15, 0.2) is 18.2 Å². The topological polar surface area (TPSA) is 20.3 Å². The number of carbonyl (C=O) groups is 1. The Morgan fingerprint density at radius 3 is 2.63 bits per heavy atom. The molecule has 19 heavy (non-hydrogen) atoms. The summed E-state index contributed by atoms with van der Waals surface area (Å²) in [5.74, 6) is 1.82. The predicted molar refractivity (Wildman–Crippen MR) is 65.7 cm³/mol. The summed E-state index contributed by atoms with van der Waals surface area (Å²) in [4.78, 5) is 13.0. The standard InChI is InChI=1S/C13H9ClF3NO/c1-2-8-5-12(19)18(7-8)11-6-9(13(15,16)17)3-4-10(11)14/h1,3-4,6,8H,5,7H2. The van der Waals surface area contributed by atoms with Crippen LogP contribution in [-0.4, -0.2) is 12.5 Å². The number of benzene rings is 1. The molecule has 100 valence electrons. The Bertz CT molecular complexity index is 562. The summed E-state index contributed by atoms with van der Waals surface area (Å²) in [5, 5.41) is 0.0963. The fraction of sp³-hybridized carbons (Fsp3) is 0.308. The Morgan fingerprint density at radius 1 is 1.42 bits per heavy atom. The number of alkyl halides is 3. The maximum atomic E-state index is 12.6. The molecule has 1 aliphatic rings. The van der Waals surface area contributed by atoms with Crippen molar-refractivity contribution in [3.8, 4) is 12.3 Å². The van der Waals surface area contributed by atoms with Gasteiger partial charge in [-0.05, 0) is 18.2 Å². The zero-order valence-corrected chi connectivity index (χ0v) is 10.4. The van der Waals surface area contributed by atoms with Gasteiger partial charge in [0.2, 0.25) is 5.91 Å². The van der Waals surface area contributed by atoms with Gasteiger partial charge in [-0.2, -0.15) is 13.2 Å². The van der Waals surface area contributed by atoms with Crippen LogP contribution < -0.4 is 4.90 Å². The summed E-state index contributed by atoms with van der Waals surface area (Å²) in [6.45, 7) is 0.191. The van der Waals surface area contributed by atoms with Gasteiger partial charge in [0.15, 0.2) is 0 Å². The van der Waals surface area contributed by atoms with E-state index in [1.54, 1.807) is 0 Å². The van der Waals surface area contributed by atoms with Crippen molar-refractivity contribution in [3.05, 3.63) is 28.8 Å². The minimum atomic E-state index is -4.48. The Morgan fingerprint density at radius 2 is 2.11 bits per heavy atom. The lowest BCUT2D eigenvalue weighted by molar-refractivity contribution is -0.137. The minimum Gasteiger partial charge on any atom is -0.310 e. The smallest absolute Gasteiger partial charge is 0.310 e. The molecule has 1 atom stereocenters. The van der Waals surface area contributed by atoms with E-state index in [2.05, 4.69) is 5.92 Å². The van der Waals surface area contributed by atoms with Crippen LogP contribution >= 0.6 is 11.6 Å². The zero-order valence-electron chi connectivity index (χ0n) is 9.67. The number of halogens is 4. The number of nitrogens with zero attached hydrogens (tertiary/aromatic N) is 1. The SMILES string of the molecule is C#CC1CC(=O)N(c2cc(C(F)(F)F)ccc2Cl)C1. The van der Waals surface area contributed by atoms with Crippen molar-refractivity contribution in [3.63, 3.8) is 0 Å². The third-order valence-electron chi connectivity index (χ3n) is 2.92. The van der Waals surface area contributed by atoms with Crippen LogP contribution in [0.4, 0.5) is 18.9 Å². The third-order valence-corrected chi connectivity index (χ3v) is 3.24. The van der Waals surface area contributed by atoms with Gasteiger partial charge >= 0.3 is 6.18 Å². The molecule has 0 radical (unpaired) electrons. The number of anilines is 1. The van der Waals surface area contributed by atoms with Crippen LogP contribution in [0, 0.1) is 18.3 Å². The van der Waals surface area contributed by atoms with E-state index < -0.39 is 11.7 Å². The second-order valence-corrected chi connectivity index (χ2v) is 4.64. The van der Waals surface area contributed by atoms with E-state index in [-0.39, 0.29) is 35.5 Å². The van der Waals surface area contributed by atoms with E-state index in [1.807, 2.05) is 0 Å². The lowest BCUT2D eigenvalue weighted by atomic mass is 10.1. The van der Waals surface area contributed by atoms with Gasteiger partial charge in [0.25, 0.3) is 0 Å². The second-order valence-electron chi connectivity index (χ2n) is 4.24. The monoisotopic (exact) mass is 287 g/mol. The number of carbonyl (C=O) groups excluding carboxylic acids is 1. The van der Waals surface area contributed by atoms with Crippen LogP contribution in [0.5, 0.6) is 0 Å². The highest BCUT2D eigenvalue weighted by atomic mass is 35.5. The fourth-order valence-corrected chi connectivity index (χ4v) is 2.17. The van der Waals surface area contributed by atoms with Crippen molar-refractivity contribution in [1.82, 2.24) is 0 Å². The van der Waals surface area contributed by atoms with Gasteiger partial charge in [0, 0.05) is 18.9 Å². The lowest BCUT2D eigenvalue weighted by Gasteiger charge is -2.19. The first-order chi connectivity index (χ1) is 8.82. The van der Waals surface area contributed by atoms with Crippen molar-refractivity contribution in [2.75, 3.05) is 11.4 Å². The number of rotatable bonds is 1. The van der Waals surface area contributed by atoms with Crippen molar-refractivity contribution < 1.29 is 18.0 Å². The van der Waals surface area contributed by atoms with E-state index in [1.165, 1.54) is 4.90 Å². The molecule has 0 N–H and O–H groups in total. The molecule has 0 saturated carbocycles. The molecular weight excluding hydrogens is 279 g/mol. The first-order valence-corrected chi connectivity index (χ1v) is 5.84. The summed E-state index contributed by atoms with van der Waals surface area (Å²) in [6, 6.07) is 2.89. The fourth-order valence-electron chi connectivity index (χ4n) is 1.95. The van der Waals surface area contributed by atoms with E-state index in [0.29, 0.717) is 0 Å². The van der Waals surface area contributed by atoms with Crippen LogP contribution in [0.3, 0.4) is 0 Å². The van der Waals surface area contributed by atoms with Crippen LogP contribution in [0.1, 0.15) is 12.0 Å². The molecule has 0 aromatic heterocycles. The minimum absolute atomic E-state index is 0.0549. The zero-order chi connectivity index (χ0) is 14.2. The molecule has 0 spiro atoms. The van der Waals surface area contributed by atoms with Crippen molar-refractivity contribution in [2.45, 2.75) is 12.6 Å². The molecule has 2 rings (SSSR count). The van der Waals surface area contributed by atoms with Crippen molar-refractivity contribution >= 4 is 23.2 Å². The first-order valence-electron chi connectivity index (χ1n) is 5.46. The second kappa shape index (κ2) is 4.78. The number of terminal acetylenes is 1. The lowest BCUT2D eigenvalue weighted by Crippen LogP contribution is -2.25. The van der Waals surface area contributed by atoms with Crippen LogP contribution in [-0.2, 0) is 11.0 Å². The Hall–Kier alpha value is -1.67. The highest BCUT2D eigenvalue weighted by molar-refractivity contribution is 6.33. The van der Waals surface area contributed by atoms with E-state index in [0.717, 1.165) is 18.2 Å². The molecule has 1 unspecified atom stereocenters. The summed E-state index contributed by atoms with van der Waals surface area (Å²) < 4.78 is 37.9. The van der Waals surface area contributed by atoms with Crippen molar-refractivity contribution in [1.29, 1.82) is 0 Å². The molecule has 1 fully saturated rings. The van der Waals surface area contributed by atoms with E-state index in [9.17, 15) is 18.0 Å². The maximum absolute atomic E-state index is 12.6. The number of hydrogen-bond donors (Lipinski definition) is 0. The summed E-state index contributed by atoms with van der Waals surface area (Å²) in [5.41, 5.74) is -0.789. The molecule has 1 saturated heterocycles. The molecule has 1 amide bonds. The highest BCUT2D eigenvalue weighted by Crippen LogP contribution is 2.37. The maximum Gasteiger partial charge on any atom is 0.416 e. The molecule has 1 heterocycles. The van der Waals surface area contributed by atoms with Gasteiger partial charge in [-0.25, -0.2) is 0 Å². The van der Waals surface area contributed by atoms with Gasteiger partial charge in [0.1, 0.15) is 0 Å². The third kappa shape index (κ3) is 2.69. The molecule has 1 aromatic carbocycles. The molecule has 0 aliphatic carbocycles. The number of hydrogen-bond acceptors (Lipinski definition) is 1. The average molecular weight is 288 g/mol. The Labute approximate surface area is 113 Å². The van der Waals surface area contributed by atoms with Gasteiger partial charge in [0.05, 0.1) is 16.3 Å². The molecule has 0 bridgehead atoms. The van der Waals surface area contributed by atoms with Crippen LogP contribution in [0.2, 0.25) is 5.02 Å². The summed E-state index contributed by atoms with van der Waals surface area (Å²) >= 11 is 5.87. The normalized spacial score (nSPS) is 19.6. The molecule has 6 heteroatoms. The van der Waals surface area contributed by atoms with Gasteiger partial charge in [-0.1, -0.05) is 11.6 Å². The molecule has 2 nitrogen and oxygen atoms in total. The Kier molecular flexibility index (Phi) is 3.46. The number of amides is 1. The van der Waals surface area contributed by atoms with Gasteiger partial charge in [-0.15, -0.1) is 12.3 Å². The predicted octanol–water partition coefficient (Wildman–Crippen LogP) is 3.34. The summed E-state index contributed by atoms with van der Waals surface area (Å²) in [6.07, 6.45) is 0.881. The average Bonchev–Trinajstić information content (AvgIpc) is 2.69. The van der Waals surface area contributed by atoms with E-state index >= 15 is 0 Å². The molecule has 1 aliphatic heterocycles. The van der Waals surface area contributed by atoms with Gasteiger partial charge < -0.3 is 4.90 Å². The van der Waals surface area contributed by atoms with E-state index in [4.69, 9.17) is 18.0 Å². The quantitative estimate of drug-likeness (QED) is 0.726. The van der Waals surface area contributed by atoms with Crippen molar-refractivity contribution in [2.24, 2.45) is 5.92 Å². The largest absolute Gasteiger partial charge is 0.416 e. The summed E-state index contributed by atoms with van der Waals surface area (Å²) in [7, 11) is 0. The molecule has 1 aromatic rings.